The van der Waals surface area contributed by atoms with E-state index in [9.17, 15) is 14.0 Å². The van der Waals surface area contributed by atoms with Crippen LogP contribution in [0.2, 0.25) is 0 Å². The van der Waals surface area contributed by atoms with Gasteiger partial charge in [0.05, 0.1) is 25.8 Å². The van der Waals surface area contributed by atoms with Crippen molar-refractivity contribution in [3.63, 3.8) is 0 Å². The van der Waals surface area contributed by atoms with E-state index in [0.29, 0.717) is 34.3 Å². The van der Waals surface area contributed by atoms with Crippen LogP contribution < -0.4 is 19.7 Å². The van der Waals surface area contributed by atoms with Crippen LogP contribution in [0, 0.1) is 18.7 Å². The van der Waals surface area contributed by atoms with E-state index < -0.39 is 5.92 Å². The predicted octanol–water partition coefficient (Wildman–Crippen LogP) is 4.19. The summed E-state index contributed by atoms with van der Waals surface area (Å²) in [4.78, 5) is 32.4. The number of nitrogens with one attached hydrogen (secondary N) is 1. The number of nitrogens with zero attached hydrogens (tertiary/aromatic N) is 2. The number of aromatic nitrogens is 1. The summed E-state index contributed by atoms with van der Waals surface area (Å²) in [7, 11) is 3.07. The molecule has 2 aromatic carbocycles. The number of ether oxygens (including phenoxy) is 2. The van der Waals surface area contributed by atoms with Gasteiger partial charge in [-0.25, -0.2) is 9.37 Å². The van der Waals surface area contributed by atoms with Crippen molar-refractivity contribution in [2.45, 2.75) is 19.8 Å². The number of carbonyl (C=O) groups excluding carboxylic acids is 2. The Hall–Kier alpha value is -3.46. The molecule has 0 spiro atoms. The number of carbonyl (C=O) groups is 2. The Kier molecular flexibility index (Phi) is 6.60. The van der Waals surface area contributed by atoms with E-state index in [4.69, 9.17) is 9.47 Å². The summed E-state index contributed by atoms with van der Waals surface area (Å²) in [6.07, 6.45) is 0.508. The van der Waals surface area contributed by atoms with Crippen molar-refractivity contribution in [1.29, 1.82) is 0 Å². The molecule has 1 aliphatic rings. The first-order chi connectivity index (χ1) is 15.9. The van der Waals surface area contributed by atoms with Crippen molar-refractivity contribution in [1.82, 2.24) is 4.98 Å². The van der Waals surface area contributed by atoms with Crippen molar-refractivity contribution in [2.75, 3.05) is 31.0 Å². The van der Waals surface area contributed by atoms with Crippen LogP contribution in [0.25, 0.3) is 0 Å². The minimum absolute atomic E-state index is 0.104. The lowest BCUT2D eigenvalue weighted by Crippen LogP contribution is -2.28. The topological polar surface area (TPSA) is 80.8 Å². The number of amides is 2. The highest BCUT2D eigenvalue weighted by Crippen LogP contribution is 2.34. The molecule has 2 heterocycles. The van der Waals surface area contributed by atoms with Gasteiger partial charge in [0.25, 0.3) is 0 Å². The largest absolute Gasteiger partial charge is 0.493 e. The van der Waals surface area contributed by atoms with E-state index in [1.165, 1.54) is 24.5 Å². The average molecular weight is 470 g/mol. The summed E-state index contributed by atoms with van der Waals surface area (Å²) in [6, 6.07) is 11.8. The SMILES string of the molecule is COc1ccc(N2CC(C(=O)Nc3nc(C)c(Cc4ccccc4F)s3)CC2=O)cc1OC. The van der Waals surface area contributed by atoms with Gasteiger partial charge in [0.1, 0.15) is 5.82 Å². The van der Waals surface area contributed by atoms with Gasteiger partial charge in [0.15, 0.2) is 16.6 Å². The minimum Gasteiger partial charge on any atom is -0.493 e. The highest BCUT2D eigenvalue weighted by Gasteiger charge is 2.36. The number of anilines is 2. The zero-order valence-corrected chi connectivity index (χ0v) is 19.4. The van der Waals surface area contributed by atoms with Gasteiger partial charge in [0, 0.05) is 36.0 Å². The molecular weight excluding hydrogens is 445 g/mol. The second-order valence-corrected chi connectivity index (χ2v) is 8.81. The van der Waals surface area contributed by atoms with Crippen LogP contribution in [0.1, 0.15) is 22.6 Å². The second-order valence-electron chi connectivity index (χ2n) is 7.73. The number of aryl methyl sites for hydroxylation is 1. The van der Waals surface area contributed by atoms with Crippen LogP contribution in [0.5, 0.6) is 11.5 Å². The molecule has 1 N–H and O–H groups in total. The Labute approximate surface area is 195 Å². The molecule has 1 aromatic heterocycles. The summed E-state index contributed by atoms with van der Waals surface area (Å²) in [5.74, 6) is -0.111. The highest BCUT2D eigenvalue weighted by atomic mass is 32.1. The van der Waals surface area contributed by atoms with Gasteiger partial charge >= 0.3 is 0 Å². The second kappa shape index (κ2) is 9.58. The lowest BCUT2D eigenvalue weighted by molar-refractivity contribution is -0.122. The van der Waals surface area contributed by atoms with E-state index >= 15 is 0 Å². The van der Waals surface area contributed by atoms with Gasteiger partial charge in [0.2, 0.25) is 11.8 Å². The van der Waals surface area contributed by atoms with Crippen LogP contribution in [0.4, 0.5) is 15.2 Å². The molecule has 172 valence electrons. The number of halogens is 1. The number of rotatable bonds is 7. The molecule has 1 saturated heterocycles. The van der Waals surface area contributed by atoms with Gasteiger partial charge < -0.3 is 19.7 Å². The zero-order chi connectivity index (χ0) is 23.5. The molecular formula is C24H24FN3O4S. The standard InChI is InChI=1S/C24H24FN3O4S/c1-14-21(10-15-6-4-5-7-18(15)25)33-24(26-14)27-23(30)16-11-22(29)28(13-16)17-8-9-19(31-2)20(12-17)32-3/h4-9,12,16H,10-11,13H2,1-3H3,(H,26,27,30). The van der Waals surface area contributed by atoms with Gasteiger partial charge in [-0.05, 0) is 30.7 Å². The fourth-order valence-corrected chi connectivity index (χ4v) is 4.78. The third kappa shape index (κ3) is 4.83. The van der Waals surface area contributed by atoms with Crippen LogP contribution in [-0.4, -0.2) is 37.6 Å². The first-order valence-corrected chi connectivity index (χ1v) is 11.2. The van der Waals surface area contributed by atoms with Gasteiger partial charge in [-0.2, -0.15) is 0 Å². The minimum atomic E-state index is -0.509. The molecule has 0 bridgehead atoms. The maximum Gasteiger partial charge on any atom is 0.231 e. The Morgan fingerprint density at radius 1 is 1.21 bits per heavy atom. The summed E-state index contributed by atoms with van der Waals surface area (Å²) >= 11 is 1.32. The monoisotopic (exact) mass is 469 g/mol. The van der Waals surface area contributed by atoms with Crippen molar-refractivity contribution in [2.24, 2.45) is 5.92 Å². The normalized spacial score (nSPS) is 15.6. The molecule has 1 fully saturated rings. The lowest BCUT2D eigenvalue weighted by atomic mass is 10.1. The fraction of sp³-hybridized carbons (Fsp3) is 0.292. The first-order valence-electron chi connectivity index (χ1n) is 10.4. The Balaban J connectivity index is 1.44. The lowest BCUT2D eigenvalue weighted by Gasteiger charge is -2.18. The van der Waals surface area contributed by atoms with Crippen molar-refractivity contribution >= 4 is 34.0 Å². The number of thiazole rings is 1. The van der Waals surface area contributed by atoms with E-state index in [1.54, 1.807) is 48.4 Å². The van der Waals surface area contributed by atoms with Gasteiger partial charge in [-0.1, -0.05) is 18.2 Å². The number of methoxy groups -OCH3 is 2. The number of hydrogen-bond acceptors (Lipinski definition) is 6. The fourth-order valence-electron chi connectivity index (χ4n) is 3.79. The van der Waals surface area contributed by atoms with E-state index in [0.717, 1.165) is 10.6 Å². The first kappa shape index (κ1) is 22.7. The molecule has 1 unspecified atom stereocenters. The van der Waals surface area contributed by atoms with Crippen LogP contribution in [0.3, 0.4) is 0 Å². The van der Waals surface area contributed by atoms with Crippen LogP contribution in [0.15, 0.2) is 42.5 Å². The summed E-state index contributed by atoms with van der Waals surface area (Å²) in [5.41, 5.74) is 1.97. The smallest absolute Gasteiger partial charge is 0.231 e. The Morgan fingerprint density at radius 3 is 2.70 bits per heavy atom. The van der Waals surface area contributed by atoms with Gasteiger partial charge in [-0.15, -0.1) is 11.3 Å². The average Bonchev–Trinajstić information content (AvgIpc) is 3.36. The van der Waals surface area contributed by atoms with E-state index in [1.807, 2.05) is 6.92 Å². The molecule has 33 heavy (non-hydrogen) atoms. The summed E-state index contributed by atoms with van der Waals surface area (Å²) in [6.45, 7) is 2.09. The summed E-state index contributed by atoms with van der Waals surface area (Å²) in [5, 5.41) is 3.28. The molecule has 9 heteroatoms. The van der Waals surface area contributed by atoms with Crippen molar-refractivity contribution in [3.8, 4) is 11.5 Å². The van der Waals surface area contributed by atoms with Gasteiger partial charge in [-0.3, -0.25) is 9.59 Å². The summed E-state index contributed by atoms with van der Waals surface area (Å²) < 4.78 is 24.6. The Bertz CT molecular complexity index is 1200. The molecule has 1 aliphatic heterocycles. The third-order valence-corrected chi connectivity index (χ3v) is 6.68. The van der Waals surface area contributed by atoms with Crippen molar-refractivity contribution < 1.29 is 23.5 Å². The molecule has 0 radical (unpaired) electrons. The highest BCUT2D eigenvalue weighted by molar-refractivity contribution is 7.15. The van der Waals surface area contributed by atoms with Crippen molar-refractivity contribution in [3.05, 3.63) is 64.4 Å². The zero-order valence-electron chi connectivity index (χ0n) is 18.6. The van der Waals surface area contributed by atoms with E-state index in [2.05, 4.69) is 10.3 Å². The molecule has 3 aromatic rings. The molecule has 0 saturated carbocycles. The maximum atomic E-state index is 14.0. The molecule has 7 nitrogen and oxygen atoms in total. The molecule has 0 aliphatic carbocycles. The third-order valence-electron chi connectivity index (χ3n) is 5.61. The van der Waals surface area contributed by atoms with Crippen LogP contribution >= 0.6 is 11.3 Å². The molecule has 1 atom stereocenters. The molecule has 4 rings (SSSR count). The van der Waals surface area contributed by atoms with E-state index in [-0.39, 0.29) is 30.6 Å². The number of hydrogen-bond donors (Lipinski definition) is 1. The molecule has 2 amide bonds. The quantitative estimate of drug-likeness (QED) is 0.561. The maximum absolute atomic E-state index is 14.0. The predicted molar refractivity (Wildman–Crippen MR) is 125 cm³/mol. The Morgan fingerprint density at radius 2 is 1.97 bits per heavy atom. The van der Waals surface area contributed by atoms with Crippen LogP contribution in [-0.2, 0) is 16.0 Å². The number of benzene rings is 2.